The molecule has 5 heteroatoms. The van der Waals surface area contributed by atoms with Gasteiger partial charge in [-0.1, -0.05) is 42.5 Å². The number of rotatable bonds is 6. The van der Waals surface area contributed by atoms with Gasteiger partial charge in [0.15, 0.2) is 0 Å². The summed E-state index contributed by atoms with van der Waals surface area (Å²) in [6.45, 7) is 0.368. The minimum Gasteiger partial charge on any atom is -0.497 e. The molecule has 0 radical (unpaired) electrons. The summed E-state index contributed by atoms with van der Waals surface area (Å²) in [5, 5.41) is 1.80. The molecule has 0 unspecified atom stereocenters. The Morgan fingerprint density at radius 3 is 2.38 bits per heavy atom. The number of hydrogen-bond donors (Lipinski definition) is 1. The minimum absolute atomic E-state index is 0.272. The van der Waals surface area contributed by atoms with Gasteiger partial charge in [-0.25, -0.2) is 13.1 Å². The summed E-state index contributed by atoms with van der Waals surface area (Å²) in [7, 11) is -1.91. The maximum atomic E-state index is 12.5. The fraction of sp³-hybridized carbons (Fsp3) is 0.158. The average molecular weight is 341 g/mol. The van der Waals surface area contributed by atoms with Crippen LogP contribution in [0.25, 0.3) is 10.8 Å². The van der Waals surface area contributed by atoms with Crippen LogP contribution in [-0.2, 0) is 16.4 Å². The van der Waals surface area contributed by atoms with Crippen LogP contribution in [0.2, 0.25) is 0 Å². The highest BCUT2D eigenvalue weighted by Gasteiger charge is 2.14. The van der Waals surface area contributed by atoms with E-state index in [-0.39, 0.29) is 4.90 Å². The van der Waals surface area contributed by atoms with Crippen LogP contribution in [0.1, 0.15) is 5.56 Å². The van der Waals surface area contributed by atoms with Crippen molar-refractivity contribution in [2.24, 2.45) is 0 Å². The molecule has 0 saturated carbocycles. The van der Waals surface area contributed by atoms with Gasteiger partial charge in [-0.05, 0) is 47.0 Å². The lowest BCUT2D eigenvalue weighted by Gasteiger charge is -2.09. The van der Waals surface area contributed by atoms with Crippen LogP contribution in [0.4, 0.5) is 0 Å². The molecule has 0 fully saturated rings. The number of ether oxygens (including phenoxy) is 1. The van der Waals surface area contributed by atoms with E-state index in [2.05, 4.69) is 4.72 Å². The molecular weight excluding hydrogens is 322 g/mol. The summed E-state index contributed by atoms with van der Waals surface area (Å²) in [4.78, 5) is 0.272. The first-order valence-corrected chi connectivity index (χ1v) is 9.18. The third-order valence-electron chi connectivity index (χ3n) is 3.88. The molecule has 24 heavy (non-hydrogen) atoms. The molecule has 0 bridgehead atoms. The van der Waals surface area contributed by atoms with E-state index in [1.54, 1.807) is 25.3 Å². The molecule has 0 atom stereocenters. The van der Waals surface area contributed by atoms with Gasteiger partial charge in [0, 0.05) is 6.54 Å². The molecule has 124 valence electrons. The van der Waals surface area contributed by atoms with Crippen molar-refractivity contribution in [1.29, 1.82) is 0 Å². The van der Waals surface area contributed by atoms with Gasteiger partial charge in [0.05, 0.1) is 12.0 Å². The highest BCUT2D eigenvalue weighted by Crippen LogP contribution is 2.23. The molecule has 0 aliphatic carbocycles. The second-order valence-electron chi connectivity index (χ2n) is 5.51. The molecular formula is C19H19NO3S. The third-order valence-corrected chi connectivity index (χ3v) is 5.34. The van der Waals surface area contributed by atoms with Crippen LogP contribution >= 0.6 is 0 Å². The fourth-order valence-corrected chi connectivity index (χ4v) is 3.62. The van der Waals surface area contributed by atoms with Gasteiger partial charge < -0.3 is 4.74 Å². The predicted molar refractivity (Wildman–Crippen MR) is 95.8 cm³/mol. The van der Waals surface area contributed by atoms with Crippen LogP contribution in [0.15, 0.2) is 71.6 Å². The number of hydrogen-bond acceptors (Lipinski definition) is 3. The molecule has 0 aliphatic rings. The Balaban J connectivity index is 1.75. The summed E-state index contributed by atoms with van der Waals surface area (Å²) >= 11 is 0. The van der Waals surface area contributed by atoms with Crippen molar-refractivity contribution in [1.82, 2.24) is 4.72 Å². The monoisotopic (exact) mass is 341 g/mol. The lowest BCUT2D eigenvalue weighted by molar-refractivity contribution is 0.415. The summed E-state index contributed by atoms with van der Waals surface area (Å²) in [6.07, 6.45) is 0.658. The fourth-order valence-electron chi connectivity index (χ4n) is 2.55. The van der Waals surface area contributed by atoms with Crippen molar-refractivity contribution >= 4 is 20.8 Å². The molecule has 3 rings (SSSR count). The van der Waals surface area contributed by atoms with Crippen molar-refractivity contribution in [3.05, 3.63) is 72.3 Å². The average Bonchev–Trinajstić information content (AvgIpc) is 2.61. The predicted octanol–water partition coefficient (Wildman–Crippen LogP) is 3.37. The Morgan fingerprint density at radius 1 is 0.917 bits per heavy atom. The van der Waals surface area contributed by atoms with Gasteiger partial charge in [-0.15, -0.1) is 0 Å². The molecule has 4 nitrogen and oxygen atoms in total. The Morgan fingerprint density at radius 2 is 1.62 bits per heavy atom. The summed E-state index contributed by atoms with van der Waals surface area (Å²) in [6, 6.07) is 20.5. The van der Waals surface area contributed by atoms with Gasteiger partial charge in [0.25, 0.3) is 0 Å². The first-order chi connectivity index (χ1) is 11.6. The largest absolute Gasteiger partial charge is 0.497 e. The van der Waals surface area contributed by atoms with Crippen molar-refractivity contribution in [3.8, 4) is 5.75 Å². The van der Waals surface area contributed by atoms with E-state index in [9.17, 15) is 8.42 Å². The number of sulfonamides is 1. The van der Waals surface area contributed by atoms with E-state index in [4.69, 9.17) is 4.74 Å². The van der Waals surface area contributed by atoms with Crippen LogP contribution < -0.4 is 9.46 Å². The molecule has 0 saturated heterocycles. The molecule has 0 amide bonds. The Bertz CT molecular complexity index is 937. The van der Waals surface area contributed by atoms with Crippen molar-refractivity contribution in [3.63, 3.8) is 0 Å². The lowest BCUT2D eigenvalue weighted by Crippen LogP contribution is -2.25. The Labute approximate surface area is 142 Å². The topological polar surface area (TPSA) is 55.4 Å². The van der Waals surface area contributed by atoms with E-state index in [0.717, 1.165) is 22.1 Å². The number of methoxy groups -OCH3 is 1. The normalized spacial score (nSPS) is 11.5. The van der Waals surface area contributed by atoms with E-state index in [1.165, 1.54) is 0 Å². The van der Waals surface area contributed by atoms with E-state index in [1.807, 2.05) is 48.5 Å². The number of nitrogens with one attached hydrogen (secondary N) is 1. The van der Waals surface area contributed by atoms with E-state index in [0.29, 0.717) is 13.0 Å². The van der Waals surface area contributed by atoms with Crippen molar-refractivity contribution < 1.29 is 13.2 Å². The smallest absolute Gasteiger partial charge is 0.240 e. The zero-order chi connectivity index (χ0) is 17.0. The highest BCUT2D eigenvalue weighted by molar-refractivity contribution is 7.89. The molecule has 0 heterocycles. The molecule has 0 aromatic heterocycles. The lowest BCUT2D eigenvalue weighted by atomic mass is 10.1. The second-order valence-corrected chi connectivity index (χ2v) is 7.28. The van der Waals surface area contributed by atoms with Gasteiger partial charge >= 0.3 is 0 Å². The quantitative estimate of drug-likeness (QED) is 0.748. The molecule has 0 aliphatic heterocycles. The minimum atomic E-state index is -3.52. The van der Waals surface area contributed by atoms with Crippen molar-refractivity contribution in [2.75, 3.05) is 13.7 Å². The summed E-state index contributed by atoms with van der Waals surface area (Å²) < 4.78 is 32.7. The Hall–Kier alpha value is -2.37. The van der Waals surface area contributed by atoms with E-state index < -0.39 is 10.0 Å². The second kappa shape index (κ2) is 7.03. The van der Waals surface area contributed by atoms with Gasteiger partial charge in [0.1, 0.15) is 5.75 Å². The van der Waals surface area contributed by atoms with Crippen LogP contribution in [0.3, 0.4) is 0 Å². The first-order valence-electron chi connectivity index (χ1n) is 7.70. The summed E-state index contributed by atoms with van der Waals surface area (Å²) in [5.74, 6) is 0.749. The van der Waals surface area contributed by atoms with Gasteiger partial charge in [-0.3, -0.25) is 0 Å². The number of fused-ring (bicyclic) bond motifs is 1. The Kier molecular flexibility index (Phi) is 4.83. The van der Waals surface area contributed by atoms with E-state index >= 15 is 0 Å². The molecule has 3 aromatic carbocycles. The zero-order valence-corrected chi connectivity index (χ0v) is 14.2. The maximum Gasteiger partial charge on any atom is 0.240 e. The summed E-state index contributed by atoms with van der Waals surface area (Å²) in [5.41, 5.74) is 1.10. The number of benzene rings is 3. The first kappa shape index (κ1) is 16.5. The van der Waals surface area contributed by atoms with Gasteiger partial charge in [0.2, 0.25) is 10.0 Å². The zero-order valence-electron chi connectivity index (χ0n) is 13.4. The molecule has 1 N–H and O–H groups in total. The van der Waals surface area contributed by atoms with Crippen LogP contribution in [-0.4, -0.2) is 22.1 Å². The molecule has 0 spiro atoms. The maximum absolute atomic E-state index is 12.5. The van der Waals surface area contributed by atoms with Crippen LogP contribution in [0, 0.1) is 0 Å². The SMILES string of the molecule is COc1ccc2cc(S(=O)(=O)NCCc3ccccc3)ccc2c1. The van der Waals surface area contributed by atoms with Crippen molar-refractivity contribution in [2.45, 2.75) is 11.3 Å². The third kappa shape index (κ3) is 3.75. The molecule has 3 aromatic rings. The standard InChI is InChI=1S/C19H19NO3S/c1-23-18-9-7-17-14-19(10-8-16(17)13-18)24(21,22)20-12-11-15-5-3-2-4-6-15/h2-10,13-14,20H,11-12H2,1H3. The highest BCUT2D eigenvalue weighted by atomic mass is 32.2. The van der Waals surface area contributed by atoms with Gasteiger partial charge in [-0.2, -0.15) is 0 Å². The van der Waals surface area contributed by atoms with Crippen LogP contribution in [0.5, 0.6) is 5.75 Å².